The number of hydrogen-bond donors (Lipinski definition) is 1. The standard InChI is InChI=1S/C15H19ClFN3/c1-4-13-19-14(15(18)20(13)8-9(2)3)10-5-6-11(16)12(17)7-10/h5-7,9H,4,8,18H2,1-3H3. The van der Waals surface area contributed by atoms with Crippen LogP contribution in [0.3, 0.4) is 0 Å². The van der Waals surface area contributed by atoms with E-state index in [1.54, 1.807) is 6.07 Å². The van der Waals surface area contributed by atoms with Gasteiger partial charge < -0.3 is 10.3 Å². The maximum atomic E-state index is 13.6. The second kappa shape index (κ2) is 5.83. The van der Waals surface area contributed by atoms with Crippen molar-refractivity contribution in [3.05, 3.63) is 34.9 Å². The lowest BCUT2D eigenvalue weighted by atomic mass is 10.1. The van der Waals surface area contributed by atoms with Gasteiger partial charge in [0, 0.05) is 18.5 Å². The molecule has 108 valence electrons. The molecular weight excluding hydrogens is 277 g/mol. The lowest BCUT2D eigenvalue weighted by molar-refractivity contribution is 0.513. The van der Waals surface area contributed by atoms with E-state index in [1.807, 2.05) is 11.5 Å². The van der Waals surface area contributed by atoms with E-state index in [1.165, 1.54) is 12.1 Å². The van der Waals surface area contributed by atoms with Crippen LogP contribution in [-0.2, 0) is 13.0 Å². The highest BCUT2D eigenvalue weighted by molar-refractivity contribution is 6.30. The maximum absolute atomic E-state index is 13.6. The van der Waals surface area contributed by atoms with Gasteiger partial charge in [0.1, 0.15) is 23.2 Å². The van der Waals surface area contributed by atoms with E-state index < -0.39 is 5.82 Å². The Morgan fingerprint density at radius 2 is 2.10 bits per heavy atom. The van der Waals surface area contributed by atoms with Crippen LogP contribution in [0.4, 0.5) is 10.2 Å². The van der Waals surface area contributed by atoms with Gasteiger partial charge in [-0.15, -0.1) is 0 Å². The Bertz CT molecular complexity index is 620. The summed E-state index contributed by atoms with van der Waals surface area (Å²) in [4.78, 5) is 4.55. The normalized spacial score (nSPS) is 11.3. The van der Waals surface area contributed by atoms with Crippen LogP contribution in [0, 0.1) is 11.7 Å². The summed E-state index contributed by atoms with van der Waals surface area (Å²) in [6.07, 6.45) is 0.785. The molecule has 5 heteroatoms. The molecule has 0 radical (unpaired) electrons. The maximum Gasteiger partial charge on any atom is 0.142 e. The van der Waals surface area contributed by atoms with Crippen LogP contribution in [0.1, 0.15) is 26.6 Å². The molecule has 2 rings (SSSR count). The smallest absolute Gasteiger partial charge is 0.142 e. The van der Waals surface area contributed by atoms with Gasteiger partial charge in [0.05, 0.1) is 5.02 Å². The Balaban J connectivity index is 2.51. The Labute approximate surface area is 123 Å². The zero-order valence-corrected chi connectivity index (χ0v) is 12.7. The SMILES string of the molecule is CCc1nc(-c2ccc(Cl)c(F)c2)c(N)n1CC(C)C. The monoisotopic (exact) mass is 295 g/mol. The Morgan fingerprint density at radius 3 is 2.65 bits per heavy atom. The van der Waals surface area contributed by atoms with Gasteiger partial charge in [-0.3, -0.25) is 0 Å². The summed E-state index contributed by atoms with van der Waals surface area (Å²) in [6, 6.07) is 4.64. The summed E-state index contributed by atoms with van der Waals surface area (Å²) in [6.45, 7) is 7.09. The number of benzene rings is 1. The molecule has 1 heterocycles. The number of aryl methyl sites for hydroxylation is 1. The fourth-order valence-corrected chi connectivity index (χ4v) is 2.33. The number of anilines is 1. The molecule has 0 aliphatic heterocycles. The van der Waals surface area contributed by atoms with Gasteiger partial charge in [0.15, 0.2) is 0 Å². The minimum Gasteiger partial charge on any atom is -0.383 e. The Morgan fingerprint density at radius 1 is 1.40 bits per heavy atom. The summed E-state index contributed by atoms with van der Waals surface area (Å²) in [5.41, 5.74) is 7.47. The average Bonchev–Trinajstić information content (AvgIpc) is 2.70. The summed E-state index contributed by atoms with van der Waals surface area (Å²) in [5.74, 6) is 1.51. The van der Waals surface area contributed by atoms with Crippen LogP contribution in [0.5, 0.6) is 0 Å². The highest BCUT2D eigenvalue weighted by atomic mass is 35.5. The van der Waals surface area contributed by atoms with Gasteiger partial charge in [-0.25, -0.2) is 9.37 Å². The first-order valence-electron chi connectivity index (χ1n) is 6.74. The number of hydrogen-bond acceptors (Lipinski definition) is 2. The van der Waals surface area contributed by atoms with Crippen LogP contribution < -0.4 is 5.73 Å². The van der Waals surface area contributed by atoms with Gasteiger partial charge in [0.25, 0.3) is 0 Å². The molecule has 0 spiro atoms. The fourth-order valence-electron chi connectivity index (χ4n) is 2.21. The minimum absolute atomic E-state index is 0.102. The van der Waals surface area contributed by atoms with E-state index in [-0.39, 0.29) is 5.02 Å². The van der Waals surface area contributed by atoms with E-state index in [9.17, 15) is 4.39 Å². The molecule has 2 aromatic rings. The zero-order chi connectivity index (χ0) is 14.9. The molecule has 0 fully saturated rings. The molecule has 0 aliphatic carbocycles. The topological polar surface area (TPSA) is 43.8 Å². The van der Waals surface area contributed by atoms with Gasteiger partial charge in [0.2, 0.25) is 0 Å². The fraction of sp³-hybridized carbons (Fsp3) is 0.400. The quantitative estimate of drug-likeness (QED) is 0.921. The van der Waals surface area contributed by atoms with Crippen LogP contribution >= 0.6 is 11.6 Å². The summed E-state index contributed by atoms with van der Waals surface area (Å²) in [5, 5.41) is 0.102. The number of nitrogens with two attached hydrogens (primary N) is 1. The molecular formula is C15H19ClFN3. The second-order valence-corrected chi connectivity index (χ2v) is 5.66. The van der Waals surface area contributed by atoms with Gasteiger partial charge in [-0.1, -0.05) is 38.4 Å². The van der Waals surface area contributed by atoms with Crippen molar-refractivity contribution in [2.75, 3.05) is 5.73 Å². The molecule has 0 amide bonds. The van der Waals surface area contributed by atoms with Crippen molar-refractivity contribution in [3.63, 3.8) is 0 Å². The predicted octanol–water partition coefficient (Wildman–Crippen LogP) is 4.14. The average molecular weight is 296 g/mol. The molecule has 1 aromatic carbocycles. The third kappa shape index (κ3) is 2.80. The number of aromatic nitrogens is 2. The third-order valence-electron chi connectivity index (χ3n) is 3.14. The molecule has 0 unspecified atom stereocenters. The minimum atomic E-state index is -0.458. The van der Waals surface area contributed by atoms with Crippen molar-refractivity contribution in [3.8, 4) is 11.3 Å². The van der Waals surface area contributed by atoms with Gasteiger partial charge in [-0.05, 0) is 18.1 Å². The van der Waals surface area contributed by atoms with Crippen LogP contribution in [0.2, 0.25) is 5.02 Å². The van der Waals surface area contributed by atoms with Crippen LogP contribution in [0.15, 0.2) is 18.2 Å². The molecule has 0 atom stereocenters. The van der Waals surface area contributed by atoms with E-state index in [2.05, 4.69) is 18.8 Å². The zero-order valence-electron chi connectivity index (χ0n) is 12.0. The Hall–Kier alpha value is -1.55. The molecule has 0 saturated heterocycles. The Kier molecular flexibility index (Phi) is 4.33. The largest absolute Gasteiger partial charge is 0.383 e. The predicted molar refractivity (Wildman–Crippen MR) is 81.3 cm³/mol. The lowest BCUT2D eigenvalue weighted by Gasteiger charge is -2.11. The first kappa shape index (κ1) is 14.9. The molecule has 3 nitrogen and oxygen atoms in total. The first-order valence-corrected chi connectivity index (χ1v) is 7.12. The number of rotatable bonds is 4. The molecule has 0 aliphatic rings. The van der Waals surface area contributed by atoms with Crippen molar-refractivity contribution >= 4 is 17.4 Å². The number of nitrogens with zero attached hydrogens (tertiary/aromatic N) is 2. The number of nitrogen functional groups attached to an aromatic ring is 1. The van der Waals surface area contributed by atoms with Crippen molar-refractivity contribution in [2.45, 2.75) is 33.7 Å². The lowest BCUT2D eigenvalue weighted by Crippen LogP contribution is -2.10. The van der Waals surface area contributed by atoms with Crippen molar-refractivity contribution < 1.29 is 4.39 Å². The molecule has 1 aromatic heterocycles. The molecule has 20 heavy (non-hydrogen) atoms. The molecule has 0 bridgehead atoms. The number of halogens is 2. The summed E-state index contributed by atoms with van der Waals surface area (Å²) >= 11 is 5.71. The summed E-state index contributed by atoms with van der Waals surface area (Å²) < 4.78 is 15.6. The summed E-state index contributed by atoms with van der Waals surface area (Å²) in [7, 11) is 0. The molecule has 0 saturated carbocycles. The highest BCUT2D eigenvalue weighted by Crippen LogP contribution is 2.29. The van der Waals surface area contributed by atoms with Crippen molar-refractivity contribution in [1.29, 1.82) is 0 Å². The van der Waals surface area contributed by atoms with Gasteiger partial charge in [-0.2, -0.15) is 0 Å². The van der Waals surface area contributed by atoms with E-state index >= 15 is 0 Å². The molecule has 2 N–H and O–H groups in total. The second-order valence-electron chi connectivity index (χ2n) is 5.25. The van der Waals surface area contributed by atoms with Crippen molar-refractivity contribution in [1.82, 2.24) is 9.55 Å². The first-order chi connectivity index (χ1) is 9.43. The third-order valence-corrected chi connectivity index (χ3v) is 3.45. The van der Waals surface area contributed by atoms with Crippen molar-refractivity contribution in [2.24, 2.45) is 5.92 Å². The highest BCUT2D eigenvalue weighted by Gasteiger charge is 2.16. The number of imidazole rings is 1. The van der Waals surface area contributed by atoms with Gasteiger partial charge >= 0.3 is 0 Å². The van der Waals surface area contributed by atoms with E-state index in [0.717, 1.165) is 18.8 Å². The van der Waals surface area contributed by atoms with E-state index in [0.29, 0.717) is 23.0 Å². The van der Waals surface area contributed by atoms with Crippen LogP contribution in [0.25, 0.3) is 11.3 Å². The van der Waals surface area contributed by atoms with E-state index in [4.69, 9.17) is 17.3 Å². The van der Waals surface area contributed by atoms with Crippen LogP contribution in [-0.4, -0.2) is 9.55 Å².